The highest BCUT2D eigenvalue weighted by atomic mass is 19.1. The van der Waals surface area contributed by atoms with E-state index in [9.17, 15) is 9.18 Å². The van der Waals surface area contributed by atoms with E-state index in [-0.39, 0.29) is 17.9 Å². The summed E-state index contributed by atoms with van der Waals surface area (Å²) in [5, 5.41) is 5.49. The van der Waals surface area contributed by atoms with Crippen LogP contribution in [0.3, 0.4) is 0 Å². The van der Waals surface area contributed by atoms with Gasteiger partial charge in [0.1, 0.15) is 19.0 Å². The first kappa shape index (κ1) is 15.1. The molecule has 2 aromatic rings. The predicted octanol–water partition coefficient (Wildman–Crippen LogP) is 3.48. The summed E-state index contributed by atoms with van der Waals surface area (Å²) in [4.78, 5) is 12.0. The molecule has 3 rings (SSSR count). The van der Waals surface area contributed by atoms with E-state index in [2.05, 4.69) is 10.6 Å². The van der Waals surface area contributed by atoms with Crippen LogP contribution in [0, 0.1) is 5.82 Å². The third-order valence-corrected chi connectivity index (χ3v) is 3.52. The van der Waals surface area contributed by atoms with Crippen LogP contribution in [0.15, 0.2) is 42.5 Å². The molecule has 0 saturated carbocycles. The van der Waals surface area contributed by atoms with Gasteiger partial charge in [-0.2, -0.15) is 0 Å². The van der Waals surface area contributed by atoms with E-state index < -0.39 is 0 Å². The number of nitrogens with one attached hydrogen (secondary N) is 2. The van der Waals surface area contributed by atoms with Gasteiger partial charge in [0.25, 0.3) is 0 Å². The largest absolute Gasteiger partial charge is 0.486 e. The van der Waals surface area contributed by atoms with Gasteiger partial charge in [-0.25, -0.2) is 9.18 Å². The van der Waals surface area contributed by atoms with Crippen LogP contribution in [0.5, 0.6) is 11.5 Å². The number of amides is 2. The first-order valence-electron chi connectivity index (χ1n) is 7.34. The van der Waals surface area contributed by atoms with E-state index in [1.165, 1.54) is 24.3 Å². The Morgan fingerprint density at radius 1 is 1.09 bits per heavy atom. The quantitative estimate of drug-likeness (QED) is 0.911. The summed E-state index contributed by atoms with van der Waals surface area (Å²) in [7, 11) is 0. The molecule has 0 radical (unpaired) electrons. The van der Waals surface area contributed by atoms with Gasteiger partial charge in [-0.3, -0.25) is 0 Å². The minimum Gasteiger partial charge on any atom is -0.486 e. The van der Waals surface area contributed by atoms with Crippen LogP contribution in [0.1, 0.15) is 18.5 Å². The van der Waals surface area contributed by atoms with Crippen LogP contribution in [0.25, 0.3) is 0 Å². The first-order chi connectivity index (χ1) is 11.1. The van der Waals surface area contributed by atoms with Gasteiger partial charge in [0.15, 0.2) is 11.5 Å². The molecule has 0 bridgehead atoms. The second-order valence-corrected chi connectivity index (χ2v) is 5.23. The molecule has 2 N–H and O–H groups in total. The molecule has 2 aromatic carbocycles. The highest BCUT2D eigenvalue weighted by molar-refractivity contribution is 5.89. The fourth-order valence-electron chi connectivity index (χ4n) is 2.31. The number of carbonyl (C=O) groups is 1. The summed E-state index contributed by atoms with van der Waals surface area (Å²) in [5.74, 6) is 1.05. The standard InChI is InChI=1S/C17H17FN2O3/c1-11(12-2-7-15-16(10-12)23-9-8-22-15)19-17(21)20-14-5-3-13(18)4-6-14/h2-7,10-11H,8-9H2,1H3,(H2,19,20,21). The van der Waals surface area contributed by atoms with E-state index in [1.54, 1.807) is 0 Å². The van der Waals surface area contributed by atoms with Crippen molar-refractivity contribution in [1.82, 2.24) is 5.32 Å². The smallest absolute Gasteiger partial charge is 0.319 e. The zero-order valence-corrected chi connectivity index (χ0v) is 12.6. The molecule has 0 aliphatic carbocycles. The molecule has 0 fully saturated rings. The second kappa shape index (κ2) is 6.56. The molecule has 0 saturated heterocycles. The van der Waals surface area contributed by atoms with Crippen LogP contribution in [0.4, 0.5) is 14.9 Å². The molecule has 120 valence electrons. The maximum absolute atomic E-state index is 12.8. The molecule has 1 atom stereocenters. The van der Waals surface area contributed by atoms with Crippen molar-refractivity contribution in [2.45, 2.75) is 13.0 Å². The van der Waals surface area contributed by atoms with Gasteiger partial charge in [0, 0.05) is 5.69 Å². The zero-order chi connectivity index (χ0) is 16.2. The topological polar surface area (TPSA) is 59.6 Å². The number of fused-ring (bicyclic) bond motifs is 1. The Kier molecular flexibility index (Phi) is 4.32. The van der Waals surface area contributed by atoms with Gasteiger partial charge in [-0.15, -0.1) is 0 Å². The zero-order valence-electron chi connectivity index (χ0n) is 12.6. The molecule has 1 unspecified atom stereocenters. The third kappa shape index (κ3) is 3.71. The second-order valence-electron chi connectivity index (χ2n) is 5.23. The van der Waals surface area contributed by atoms with Gasteiger partial charge in [-0.1, -0.05) is 6.07 Å². The Morgan fingerprint density at radius 2 is 1.78 bits per heavy atom. The monoisotopic (exact) mass is 316 g/mol. The highest BCUT2D eigenvalue weighted by Gasteiger charge is 2.15. The number of urea groups is 1. The Bertz CT molecular complexity index is 703. The molecule has 5 nitrogen and oxygen atoms in total. The van der Waals surface area contributed by atoms with Gasteiger partial charge < -0.3 is 20.1 Å². The molecule has 0 spiro atoms. The number of halogens is 1. The SMILES string of the molecule is CC(NC(=O)Nc1ccc(F)cc1)c1ccc2c(c1)OCCO2. The van der Waals surface area contributed by atoms with Crippen molar-refractivity contribution < 1.29 is 18.7 Å². The van der Waals surface area contributed by atoms with Crippen molar-refractivity contribution in [2.24, 2.45) is 0 Å². The van der Waals surface area contributed by atoms with E-state index in [4.69, 9.17) is 9.47 Å². The van der Waals surface area contributed by atoms with Crippen molar-refractivity contribution in [3.8, 4) is 11.5 Å². The summed E-state index contributed by atoms with van der Waals surface area (Å²) in [6.45, 7) is 2.93. The highest BCUT2D eigenvalue weighted by Crippen LogP contribution is 2.32. The fourth-order valence-corrected chi connectivity index (χ4v) is 2.31. The Labute approximate surface area is 133 Å². The van der Waals surface area contributed by atoms with Crippen molar-refractivity contribution in [2.75, 3.05) is 18.5 Å². The van der Waals surface area contributed by atoms with Crippen molar-refractivity contribution in [1.29, 1.82) is 0 Å². The summed E-state index contributed by atoms with van der Waals surface area (Å²) < 4.78 is 23.9. The van der Waals surface area contributed by atoms with E-state index in [0.717, 1.165) is 5.56 Å². The van der Waals surface area contributed by atoms with Crippen LogP contribution < -0.4 is 20.1 Å². The van der Waals surface area contributed by atoms with Crippen molar-refractivity contribution in [3.05, 3.63) is 53.8 Å². The summed E-state index contributed by atoms with van der Waals surface area (Å²) in [6, 6.07) is 10.6. The summed E-state index contributed by atoms with van der Waals surface area (Å²) in [6.07, 6.45) is 0. The van der Waals surface area contributed by atoms with E-state index in [1.807, 2.05) is 25.1 Å². The Morgan fingerprint density at radius 3 is 2.52 bits per heavy atom. The number of rotatable bonds is 3. The molecule has 1 heterocycles. The average molecular weight is 316 g/mol. The lowest BCUT2D eigenvalue weighted by Crippen LogP contribution is -2.31. The minimum absolute atomic E-state index is 0.216. The van der Waals surface area contributed by atoms with E-state index in [0.29, 0.717) is 30.4 Å². The molecular weight excluding hydrogens is 299 g/mol. The maximum Gasteiger partial charge on any atom is 0.319 e. The molecule has 0 aromatic heterocycles. The molecule has 23 heavy (non-hydrogen) atoms. The molecule has 6 heteroatoms. The van der Waals surface area contributed by atoms with Crippen molar-refractivity contribution in [3.63, 3.8) is 0 Å². The van der Waals surface area contributed by atoms with Crippen LogP contribution >= 0.6 is 0 Å². The van der Waals surface area contributed by atoms with Crippen LogP contribution in [-0.2, 0) is 0 Å². The number of hydrogen-bond acceptors (Lipinski definition) is 3. The molecule has 1 aliphatic rings. The summed E-state index contributed by atoms with van der Waals surface area (Å²) >= 11 is 0. The van der Waals surface area contributed by atoms with Gasteiger partial charge in [0.2, 0.25) is 0 Å². The van der Waals surface area contributed by atoms with Crippen LogP contribution in [-0.4, -0.2) is 19.2 Å². The lowest BCUT2D eigenvalue weighted by Gasteiger charge is -2.21. The number of ether oxygens (including phenoxy) is 2. The van der Waals surface area contributed by atoms with Crippen LogP contribution in [0.2, 0.25) is 0 Å². The fraction of sp³-hybridized carbons (Fsp3) is 0.235. The number of anilines is 1. The van der Waals surface area contributed by atoms with E-state index >= 15 is 0 Å². The molecular formula is C17H17FN2O3. The first-order valence-corrected chi connectivity index (χ1v) is 7.34. The lowest BCUT2D eigenvalue weighted by molar-refractivity contribution is 0.171. The maximum atomic E-state index is 12.8. The normalized spacial score (nSPS) is 14.0. The van der Waals surface area contributed by atoms with Gasteiger partial charge >= 0.3 is 6.03 Å². The number of benzene rings is 2. The Hall–Kier alpha value is -2.76. The lowest BCUT2D eigenvalue weighted by atomic mass is 10.1. The number of carbonyl (C=O) groups excluding carboxylic acids is 1. The molecule has 2 amide bonds. The predicted molar refractivity (Wildman–Crippen MR) is 84.4 cm³/mol. The minimum atomic E-state index is -0.362. The Balaban J connectivity index is 1.63. The van der Waals surface area contributed by atoms with Gasteiger partial charge in [0.05, 0.1) is 6.04 Å². The average Bonchev–Trinajstić information content (AvgIpc) is 2.56. The van der Waals surface area contributed by atoms with Gasteiger partial charge in [-0.05, 0) is 48.9 Å². The number of hydrogen-bond donors (Lipinski definition) is 2. The molecule has 1 aliphatic heterocycles. The summed E-state index contributed by atoms with van der Waals surface area (Å²) in [5.41, 5.74) is 1.43. The third-order valence-electron chi connectivity index (χ3n) is 3.52. The van der Waals surface area contributed by atoms with Crippen molar-refractivity contribution >= 4 is 11.7 Å².